The van der Waals surface area contributed by atoms with Gasteiger partial charge in [0, 0.05) is 25.2 Å². The fourth-order valence-corrected chi connectivity index (χ4v) is 1.84. The molecule has 0 atom stereocenters. The summed E-state index contributed by atoms with van der Waals surface area (Å²) in [4.78, 5) is 25.0. The fraction of sp³-hybridized carbons (Fsp3) is 0.467. The van der Waals surface area contributed by atoms with Crippen molar-refractivity contribution in [1.82, 2.24) is 5.32 Å². The molecule has 0 bridgehead atoms. The second kappa shape index (κ2) is 8.14. The standard InChI is InChI=1S/C15H22N2O4/c1-5-8-16-15(19)10-17(11(2)18)12-6-7-13(20-3)14(9-12)21-4/h6-7,9H,5,8,10H2,1-4H3,(H,16,19). The van der Waals surface area contributed by atoms with Crippen LogP contribution < -0.4 is 19.7 Å². The molecule has 1 aromatic carbocycles. The van der Waals surface area contributed by atoms with Crippen LogP contribution in [0, 0.1) is 0 Å². The monoisotopic (exact) mass is 294 g/mol. The molecule has 6 nitrogen and oxygen atoms in total. The lowest BCUT2D eigenvalue weighted by Crippen LogP contribution is -2.40. The van der Waals surface area contributed by atoms with Crippen LogP contribution >= 0.6 is 0 Å². The Morgan fingerprint density at radius 1 is 1.19 bits per heavy atom. The highest BCUT2D eigenvalue weighted by atomic mass is 16.5. The zero-order chi connectivity index (χ0) is 15.8. The average molecular weight is 294 g/mol. The predicted octanol–water partition coefficient (Wildman–Crippen LogP) is 1.58. The van der Waals surface area contributed by atoms with Crippen LogP contribution in [0.4, 0.5) is 5.69 Å². The van der Waals surface area contributed by atoms with E-state index >= 15 is 0 Å². The van der Waals surface area contributed by atoms with Crippen LogP contribution in [-0.2, 0) is 9.59 Å². The van der Waals surface area contributed by atoms with E-state index in [1.165, 1.54) is 18.9 Å². The summed E-state index contributed by atoms with van der Waals surface area (Å²) in [6.07, 6.45) is 0.849. The van der Waals surface area contributed by atoms with Crippen molar-refractivity contribution in [2.45, 2.75) is 20.3 Å². The molecule has 0 heterocycles. The minimum Gasteiger partial charge on any atom is -0.493 e. The number of benzene rings is 1. The molecule has 0 radical (unpaired) electrons. The van der Waals surface area contributed by atoms with Crippen LogP contribution in [0.2, 0.25) is 0 Å². The molecule has 0 saturated heterocycles. The van der Waals surface area contributed by atoms with Crippen LogP contribution in [-0.4, -0.2) is 39.1 Å². The Morgan fingerprint density at radius 3 is 2.38 bits per heavy atom. The first-order valence-corrected chi connectivity index (χ1v) is 6.80. The molecule has 6 heteroatoms. The zero-order valence-corrected chi connectivity index (χ0v) is 12.9. The van der Waals surface area contributed by atoms with Crippen LogP contribution in [0.5, 0.6) is 11.5 Å². The van der Waals surface area contributed by atoms with Crippen molar-refractivity contribution in [3.63, 3.8) is 0 Å². The van der Waals surface area contributed by atoms with Gasteiger partial charge in [0.25, 0.3) is 0 Å². The highest BCUT2D eigenvalue weighted by Crippen LogP contribution is 2.31. The fourth-order valence-electron chi connectivity index (χ4n) is 1.84. The lowest BCUT2D eigenvalue weighted by Gasteiger charge is -2.21. The Balaban J connectivity index is 2.95. The molecule has 0 fully saturated rings. The van der Waals surface area contributed by atoms with Gasteiger partial charge in [-0.2, -0.15) is 0 Å². The van der Waals surface area contributed by atoms with Gasteiger partial charge in [-0.3, -0.25) is 9.59 Å². The maximum atomic E-state index is 11.8. The van der Waals surface area contributed by atoms with Gasteiger partial charge < -0.3 is 19.7 Å². The summed E-state index contributed by atoms with van der Waals surface area (Å²) in [5.41, 5.74) is 0.590. The van der Waals surface area contributed by atoms with Gasteiger partial charge in [0.05, 0.1) is 14.2 Å². The lowest BCUT2D eigenvalue weighted by molar-refractivity contribution is -0.123. The number of methoxy groups -OCH3 is 2. The number of carbonyl (C=O) groups is 2. The summed E-state index contributed by atoms with van der Waals surface area (Å²) in [6.45, 7) is 3.96. The summed E-state index contributed by atoms with van der Waals surface area (Å²) in [5, 5.41) is 2.75. The van der Waals surface area contributed by atoms with E-state index in [0.717, 1.165) is 6.42 Å². The highest BCUT2D eigenvalue weighted by Gasteiger charge is 2.17. The lowest BCUT2D eigenvalue weighted by atomic mass is 10.2. The third-order valence-electron chi connectivity index (χ3n) is 2.93. The number of nitrogens with zero attached hydrogens (tertiary/aromatic N) is 1. The SMILES string of the molecule is CCCNC(=O)CN(C(C)=O)c1ccc(OC)c(OC)c1. The number of anilines is 1. The second-order valence-electron chi connectivity index (χ2n) is 4.49. The summed E-state index contributed by atoms with van der Waals surface area (Å²) >= 11 is 0. The van der Waals surface area contributed by atoms with Crippen LogP contribution in [0.1, 0.15) is 20.3 Å². The minimum atomic E-state index is -0.214. The van der Waals surface area contributed by atoms with Crippen LogP contribution in [0.25, 0.3) is 0 Å². The first-order chi connectivity index (χ1) is 10.0. The van der Waals surface area contributed by atoms with E-state index in [0.29, 0.717) is 23.7 Å². The number of amides is 2. The maximum absolute atomic E-state index is 11.8. The second-order valence-corrected chi connectivity index (χ2v) is 4.49. The molecule has 2 amide bonds. The summed E-state index contributed by atoms with van der Waals surface area (Å²) < 4.78 is 10.4. The third kappa shape index (κ3) is 4.66. The molecule has 0 aliphatic rings. The number of ether oxygens (including phenoxy) is 2. The maximum Gasteiger partial charge on any atom is 0.240 e. The number of hydrogen-bond donors (Lipinski definition) is 1. The van der Waals surface area contributed by atoms with Gasteiger partial charge in [-0.25, -0.2) is 0 Å². The van der Waals surface area contributed by atoms with Crippen molar-refractivity contribution in [3.05, 3.63) is 18.2 Å². The van der Waals surface area contributed by atoms with E-state index in [4.69, 9.17) is 9.47 Å². The van der Waals surface area contributed by atoms with Crippen molar-refractivity contribution in [2.24, 2.45) is 0 Å². The summed E-state index contributed by atoms with van der Waals surface area (Å²) in [6, 6.07) is 5.09. The Labute approximate surface area is 125 Å². The Morgan fingerprint density at radius 2 is 1.86 bits per heavy atom. The Kier molecular flexibility index (Phi) is 6.52. The normalized spacial score (nSPS) is 9.90. The van der Waals surface area contributed by atoms with E-state index in [2.05, 4.69) is 5.32 Å². The molecule has 1 N–H and O–H groups in total. The first-order valence-electron chi connectivity index (χ1n) is 6.80. The van der Waals surface area contributed by atoms with Gasteiger partial charge in [-0.1, -0.05) is 6.92 Å². The highest BCUT2D eigenvalue weighted by molar-refractivity contribution is 5.97. The minimum absolute atomic E-state index is 0.0230. The largest absolute Gasteiger partial charge is 0.493 e. The molecular formula is C15H22N2O4. The van der Waals surface area contributed by atoms with Gasteiger partial charge in [0.1, 0.15) is 6.54 Å². The molecule has 0 aliphatic heterocycles. The Bertz CT molecular complexity index is 502. The average Bonchev–Trinajstić information content (AvgIpc) is 2.49. The van der Waals surface area contributed by atoms with E-state index in [9.17, 15) is 9.59 Å². The van der Waals surface area contributed by atoms with Gasteiger partial charge in [-0.05, 0) is 18.6 Å². The van der Waals surface area contributed by atoms with Crippen molar-refractivity contribution >= 4 is 17.5 Å². The topological polar surface area (TPSA) is 67.9 Å². The molecule has 0 saturated carbocycles. The molecule has 116 valence electrons. The van der Waals surface area contributed by atoms with Gasteiger partial charge in [0.15, 0.2) is 11.5 Å². The van der Waals surface area contributed by atoms with Crippen molar-refractivity contribution in [2.75, 3.05) is 32.2 Å². The van der Waals surface area contributed by atoms with Gasteiger partial charge in [0.2, 0.25) is 11.8 Å². The number of nitrogens with one attached hydrogen (secondary N) is 1. The van der Waals surface area contributed by atoms with Gasteiger partial charge in [-0.15, -0.1) is 0 Å². The van der Waals surface area contributed by atoms with E-state index in [-0.39, 0.29) is 18.4 Å². The Hall–Kier alpha value is -2.24. The molecule has 0 aliphatic carbocycles. The van der Waals surface area contributed by atoms with Crippen molar-refractivity contribution in [1.29, 1.82) is 0 Å². The van der Waals surface area contributed by atoms with Crippen LogP contribution in [0.15, 0.2) is 18.2 Å². The molecular weight excluding hydrogens is 272 g/mol. The summed E-state index contributed by atoms with van der Waals surface area (Å²) in [7, 11) is 3.06. The van der Waals surface area contributed by atoms with Crippen molar-refractivity contribution < 1.29 is 19.1 Å². The molecule has 1 rings (SSSR count). The predicted molar refractivity (Wildman–Crippen MR) is 80.9 cm³/mol. The first kappa shape index (κ1) is 16.8. The van der Waals surface area contributed by atoms with E-state index in [1.54, 1.807) is 25.3 Å². The molecule has 0 aromatic heterocycles. The van der Waals surface area contributed by atoms with Crippen molar-refractivity contribution in [3.8, 4) is 11.5 Å². The van der Waals surface area contributed by atoms with Gasteiger partial charge >= 0.3 is 0 Å². The quantitative estimate of drug-likeness (QED) is 0.829. The molecule has 21 heavy (non-hydrogen) atoms. The molecule has 1 aromatic rings. The molecule has 0 spiro atoms. The zero-order valence-electron chi connectivity index (χ0n) is 12.9. The van der Waals surface area contributed by atoms with E-state index < -0.39 is 0 Å². The number of carbonyl (C=O) groups excluding carboxylic acids is 2. The van der Waals surface area contributed by atoms with E-state index in [1.807, 2.05) is 6.92 Å². The molecule has 0 unspecified atom stereocenters. The third-order valence-corrected chi connectivity index (χ3v) is 2.93. The number of hydrogen-bond acceptors (Lipinski definition) is 4. The summed E-state index contributed by atoms with van der Waals surface area (Å²) in [5.74, 6) is 0.672. The smallest absolute Gasteiger partial charge is 0.240 e. The van der Waals surface area contributed by atoms with Crippen LogP contribution in [0.3, 0.4) is 0 Å². The number of rotatable bonds is 7.